The van der Waals surface area contributed by atoms with Gasteiger partial charge in [0.15, 0.2) is 0 Å². The Labute approximate surface area is 112 Å². The van der Waals surface area contributed by atoms with Crippen LogP contribution in [-0.4, -0.2) is 36.9 Å². The van der Waals surface area contributed by atoms with Crippen LogP contribution >= 0.6 is 0 Å². The highest BCUT2D eigenvalue weighted by atomic mass is 16.5. The molecule has 0 bridgehead atoms. The molecule has 1 aromatic carbocycles. The fourth-order valence-corrected chi connectivity index (χ4v) is 2.08. The average molecular weight is 262 g/mol. The molecule has 19 heavy (non-hydrogen) atoms. The molecule has 1 fully saturated rings. The molecule has 1 saturated heterocycles. The zero-order chi connectivity index (χ0) is 13.7. The molecule has 0 aromatic heterocycles. The molecule has 1 heterocycles. The summed E-state index contributed by atoms with van der Waals surface area (Å²) in [6.07, 6.45) is 1.41. The van der Waals surface area contributed by atoms with E-state index >= 15 is 0 Å². The van der Waals surface area contributed by atoms with Crippen LogP contribution in [0.3, 0.4) is 0 Å². The Morgan fingerprint density at radius 2 is 2.32 bits per heavy atom. The summed E-state index contributed by atoms with van der Waals surface area (Å²) in [4.78, 5) is 24.7. The van der Waals surface area contributed by atoms with Crippen molar-refractivity contribution >= 4 is 11.8 Å². The highest BCUT2D eigenvalue weighted by Gasteiger charge is 2.21. The summed E-state index contributed by atoms with van der Waals surface area (Å²) < 4.78 is 5.12. The van der Waals surface area contributed by atoms with Crippen molar-refractivity contribution in [3.05, 3.63) is 29.8 Å². The standard InChI is InChI=1S/C14H18N2O3/c1-19-12-5-2-4-11(8-12)9-15-13(17)10-16-7-3-6-14(16)18/h2,4-5,8H,3,6-7,9-10H2,1H3,(H,15,17). The van der Waals surface area contributed by atoms with Crippen LogP contribution in [0.25, 0.3) is 0 Å². The zero-order valence-corrected chi connectivity index (χ0v) is 11.0. The molecule has 1 aliphatic heterocycles. The molecule has 5 nitrogen and oxygen atoms in total. The van der Waals surface area contributed by atoms with Gasteiger partial charge in [0.25, 0.3) is 0 Å². The number of nitrogens with one attached hydrogen (secondary N) is 1. The smallest absolute Gasteiger partial charge is 0.239 e. The molecule has 2 amide bonds. The maximum Gasteiger partial charge on any atom is 0.239 e. The van der Waals surface area contributed by atoms with Gasteiger partial charge in [-0.25, -0.2) is 0 Å². The van der Waals surface area contributed by atoms with E-state index in [2.05, 4.69) is 5.32 Å². The fraction of sp³-hybridized carbons (Fsp3) is 0.429. The van der Waals surface area contributed by atoms with Gasteiger partial charge in [-0.1, -0.05) is 12.1 Å². The number of methoxy groups -OCH3 is 1. The van der Waals surface area contributed by atoms with E-state index < -0.39 is 0 Å². The predicted molar refractivity (Wildman–Crippen MR) is 70.7 cm³/mol. The number of likely N-dealkylation sites (tertiary alicyclic amines) is 1. The van der Waals surface area contributed by atoms with E-state index in [1.165, 1.54) is 0 Å². The number of rotatable bonds is 5. The Kier molecular flexibility index (Phi) is 4.39. The van der Waals surface area contributed by atoms with Gasteiger partial charge in [-0.15, -0.1) is 0 Å². The van der Waals surface area contributed by atoms with Crippen LogP contribution in [0.1, 0.15) is 18.4 Å². The first-order valence-electron chi connectivity index (χ1n) is 6.36. The van der Waals surface area contributed by atoms with Crippen LogP contribution in [0.15, 0.2) is 24.3 Å². The third kappa shape index (κ3) is 3.71. The Balaban J connectivity index is 1.81. The highest BCUT2D eigenvalue weighted by Crippen LogP contribution is 2.12. The Hall–Kier alpha value is -2.04. The van der Waals surface area contributed by atoms with E-state index in [0.29, 0.717) is 19.5 Å². The summed E-state index contributed by atoms with van der Waals surface area (Å²) in [5, 5.41) is 2.81. The third-order valence-corrected chi connectivity index (χ3v) is 3.13. The summed E-state index contributed by atoms with van der Waals surface area (Å²) in [6.45, 7) is 1.28. The number of carbonyl (C=O) groups is 2. The van der Waals surface area contributed by atoms with Crippen LogP contribution in [0, 0.1) is 0 Å². The van der Waals surface area contributed by atoms with Gasteiger partial charge in [0, 0.05) is 19.5 Å². The topological polar surface area (TPSA) is 58.6 Å². The first-order valence-corrected chi connectivity index (χ1v) is 6.36. The number of hydrogen-bond donors (Lipinski definition) is 1. The maximum atomic E-state index is 11.7. The van der Waals surface area contributed by atoms with Crippen LogP contribution in [-0.2, 0) is 16.1 Å². The van der Waals surface area contributed by atoms with E-state index in [1.54, 1.807) is 12.0 Å². The van der Waals surface area contributed by atoms with E-state index in [1.807, 2.05) is 24.3 Å². The van der Waals surface area contributed by atoms with Crippen LogP contribution in [0.5, 0.6) is 5.75 Å². The van der Waals surface area contributed by atoms with Gasteiger partial charge in [-0.2, -0.15) is 0 Å². The molecule has 0 spiro atoms. The Morgan fingerprint density at radius 1 is 1.47 bits per heavy atom. The molecule has 1 aromatic rings. The monoisotopic (exact) mass is 262 g/mol. The molecule has 102 valence electrons. The van der Waals surface area contributed by atoms with Gasteiger partial charge in [0.1, 0.15) is 5.75 Å². The van der Waals surface area contributed by atoms with E-state index in [9.17, 15) is 9.59 Å². The predicted octanol–water partition coefficient (Wildman–Crippen LogP) is 0.934. The maximum absolute atomic E-state index is 11.7. The van der Waals surface area contributed by atoms with Gasteiger partial charge in [0.2, 0.25) is 11.8 Å². The van der Waals surface area contributed by atoms with Crippen LogP contribution in [0.2, 0.25) is 0 Å². The van der Waals surface area contributed by atoms with E-state index in [4.69, 9.17) is 4.74 Å². The van der Waals surface area contributed by atoms with Crippen molar-refractivity contribution in [3.8, 4) is 5.75 Å². The molecule has 5 heteroatoms. The normalized spacial score (nSPS) is 14.6. The second-order valence-corrected chi connectivity index (χ2v) is 4.55. The van der Waals surface area contributed by atoms with Gasteiger partial charge in [-0.05, 0) is 24.1 Å². The van der Waals surface area contributed by atoms with E-state index in [-0.39, 0.29) is 18.4 Å². The number of nitrogens with zero attached hydrogens (tertiary/aromatic N) is 1. The summed E-state index contributed by atoms with van der Waals surface area (Å²) in [5.74, 6) is 0.705. The lowest BCUT2D eigenvalue weighted by molar-refractivity contribution is -0.133. The number of benzene rings is 1. The minimum Gasteiger partial charge on any atom is -0.497 e. The first kappa shape index (κ1) is 13.4. The number of amides is 2. The molecular formula is C14H18N2O3. The minimum absolute atomic E-state index is 0.0662. The average Bonchev–Trinajstić information content (AvgIpc) is 2.82. The minimum atomic E-state index is -0.127. The van der Waals surface area contributed by atoms with Gasteiger partial charge < -0.3 is 15.0 Å². The zero-order valence-electron chi connectivity index (χ0n) is 11.0. The lowest BCUT2D eigenvalue weighted by Gasteiger charge is -2.15. The van der Waals surface area contributed by atoms with Crippen molar-refractivity contribution in [2.24, 2.45) is 0 Å². The van der Waals surface area contributed by atoms with Crippen molar-refractivity contribution < 1.29 is 14.3 Å². The van der Waals surface area contributed by atoms with Crippen molar-refractivity contribution in [1.29, 1.82) is 0 Å². The number of carbonyl (C=O) groups excluding carboxylic acids is 2. The summed E-state index contributed by atoms with van der Waals surface area (Å²) >= 11 is 0. The van der Waals surface area contributed by atoms with Crippen LogP contribution in [0.4, 0.5) is 0 Å². The van der Waals surface area contributed by atoms with Crippen molar-refractivity contribution in [3.63, 3.8) is 0 Å². The molecular weight excluding hydrogens is 244 g/mol. The molecule has 0 radical (unpaired) electrons. The van der Waals surface area contributed by atoms with Gasteiger partial charge >= 0.3 is 0 Å². The van der Waals surface area contributed by atoms with Crippen molar-refractivity contribution in [2.75, 3.05) is 20.2 Å². The summed E-state index contributed by atoms with van der Waals surface area (Å²) in [6, 6.07) is 7.53. The number of ether oxygens (including phenoxy) is 1. The van der Waals surface area contributed by atoms with Crippen LogP contribution < -0.4 is 10.1 Å². The lowest BCUT2D eigenvalue weighted by Crippen LogP contribution is -2.37. The molecule has 1 aliphatic rings. The summed E-state index contributed by atoms with van der Waals surface area (Å²) in [5.41, 5.74) is 0.973. The molecule has 0 unspecified atom stereocenters. The highest BCUT2D eigenvalue weighted by molar-refractivity contribution is 5.85. The van der Waals surface area contributed by atoms with Crippen molar-refractivity contribution in [2.45, 2.75) is 19.4 Å². The molecule has 0 saturated carbocycles. The van der Waals surface area contributed by atoms with E-state index in [0.717, 1.165) is 17.7 Å². The van der Waals surface area contributed by atoms with Gasteiger partial charge in [-0.3, -0.25) is 9.59 Å². The Morgan fingerprint density at radius 3 is 3.00 bits per heavy atom. The van der Waals surface area contributed by atoms with Gasteiger partial charge in [0.05, 0.1) is 13.7 Å². The second kappa shape index (κ2) is 6.22. The first-order chi connectivity index (χ1) is 9.19. The third-order valence-electron chi connectivity index (χ3n) is 3.13. The molecule has 0 aliphatic carbocycles. The molecule has 2 rings (SSSR count). The molecule has 0 atom stereocenters. The van der Waals surface area contributed by atoms with Crippen molar-refractivity contribution in [1.82, 2.24) is 10.2 Å². The molecule has 1 N–H and O–H groups in total. The summed E-state index contributed by atoms with van der Waals surface area (Å²) in [7, 11) is 1.61. The fourth-order valence-electron chi connectivity index (χ4n) is 2.08. The second-order valence-electron chi connectivity index (χ2n) is 4.55. The lowest BCUT2D eigenvalue weighted by atomic mass is 10.2. The quantitative estimate of drug-likeness (QED) is 0.859. The Bertz CT molecular complexity index is 474. The SMILES string of the molecule is COc1cccc(CNC(=O)CN2CCCC2=O)c1. The largest absolute Gasteiger partial charge is 0.497 e. The number of hydrogen-bond acceptors (Lipinski definition) is 3.